The number of hydrogen-bond donors (Lipinski definition) is 0. The number of benzene rings is 1. The highest BCUT2D eigenvalue weighted by Gasteiger charge is 2.23. The maximum absolute atomic E-state index is 10.3. The molecule has 0 bridgehead atoms. The normalized spacial score (nSPS) is 14.6. The molecule has 17 heavy (non-hydrogen) atoms. The van der Waals surface area contributed by atoms with Gasteiger partial charge in [0.25, 0.3) is 6.29 Å². The summed E-state index contributed by atoms with van der Waals surface area (Å²) in [6.07, 6.45) is 5.40. The van der Waals surface area contributed by atoms with Crippen LogP contribution in [-0.4, -0.2) is 11.3 Å². The molecule has 0 aliphatic heterocycles. The van der Waals surface area contributed by atoms with Crippen molar-refractivity contribution in [2.45, 2.75) is 18.8 Å². The summed E-state index contributed by atoms with van der Waals surface area (Å²) < 4.78 is 10.4. The summed E-state index contributed by atoms with van der Waals surface area (Å²) in [5.74, 6) is 1.34. The molecule has 0 N–H and O–H groups in total. The van der Waals surface area contributed by atoms with Crippen LogP contribution in [0.25, 0.3) is 0 Å². The third-order valence-corrected chi connectivity index (χ3v) is 2.70. The van der Waals surface area contributed by atoms with Gasteiger partial charge in [-0.3, -0.25) is 4.79 Å². The maximum Gasteiger partial charge on any atom is 0.399 e. The molecule has 1 fully saturated rings. The van der Waals surface area contributed by atoms with E-state index < -0.39 is 0 Å². The van der Waals surface area contributed by atoms with Crippen LogP contribution in [0.4, 0.5) is 0 Å². The lowest BCUT2D eigenvalue weighted by molar-refractivity contribution is 0.330. The van der Waals surface area contributed by atoms with Gasteiger partial charge in [-0.1, -0.05) is 12.1 Å². The van der Waals surface area contributed by atoms with E-state index in [1.54, 1.807) is 6.29 Å². The lowest BCUT2D eigenvalue weighted by Gasteiger charge is -2.02. The van der Waals surface area contributed by atoms with Crippen molar-refractivity contribution in [2.75, 3.05) is 0 Å². The predicted molar refractivity (Wildman–Crippen MR) is 59.8 cm³/mol. The third kappa shape index (κ3) is 2.20. The van der Waals surface area contributed by atoms with Gasteiger partial charge in [-0.15, -0.1) is 0 Å². The summed E-state index contributed by atoms with van der Waals surface area (Å²) >= 11 is 0. The van der Waals surface area contributed by atoms with Crippen LogP contribution in [0.15, 0.2) is 34.9 Å². The average Bonchev–Trinajstić information content (AvgIpc) is 3.11. The highest BCUT2D eigenvalue weighted by Crippen LogP contribution is 2.41. The monoisotopic (exact) mass is 228 g/mol. The third-order valence-electron chi connectivity index (χ3n) is 2.70. The molecular formula is C13H10NO3. The molecule has 3 rings (SSSR count). The van der Waals surface area contributed by atoms with Gasteiger partial charge in [-0.25, -0.2) is 0 Å². The summed E-state index contributed by atoms with van der Waals surface area (Å²) in [7, 11) is 0. The van der Waals surface area contributed by atoms with E-state index in [-0.39, 0.29) is 11.8 Å². The fourth-order valence-electron chi connectivity index (χ4n) is 1.70. The molecule has 1 heterocycles. The van der Waals surface area contributed by atoms with Crippen LogP contribution in [0.1, 0.15) is 30.0 Å². The highest BCUT2D eigenvalue weighted by atomic mass is 16.6. The standard InChI is InChI=1S/C13H10NO3/c15-7-11-8-16-13(14-11)17-12-3-1-2-10(6-12)9-4-5-9/h1-3,6,8-9H,4-5H2. The number of ether oxygens (including phenoxy) is 1. The molecular weight excluding hydrogens is 218 g/mol. The molecule has 85 valence electrons. The average molecular weight is 228 g/mol. The molecule has 0 amide bonds. The minimum Gasteiger partial charge on any atom is -0.416 e. The van der Waals surface area contributed by atoms with Crippen molar-refractivity contribution < 1.29 is 13.9 Å². The molecule has 1 radical (unpaired) electrons. The zero-order valence-corrected chi connectivity index (χ0v) is 9.05. The van der Waals surface area contributed by atoms with Crippen molar-refractivity contribution in [2.24, 2.45) is 0 Å². The summed E-state index contributed by atoms with van der Waals surface area (Å²) in [5, 5.41) is 0. The molecule has 2 aromatic rings. The molecule has 1 saturated carbocycles. The molecule has 4 nitrogen and oxygen atoms in total. The second-order valence-electron chi connectivity index (χ2n) is 4.05. The van der Waals surface area contributed by atoms with Gasteiger partial charge in [0.05, 0.1) is 0 Å². The highest BCUT2D eigenvalue weighted by molar-refractivity contribution is 5.71. The first-order valence-electron chi connectivity index (χ1n) is 5.46. The van der Waals surface area contributed by atoms with Crippen LogP contribution in [0, 0.1) is 0 Å². The first-order chi connectivity index (χ1) is 8.35. The van der Waals surface area contributed by atoms with Crippen LogP contribution >= 0.6 is 0 Å². The van der Waals surface area contributed by atoms with Gasteiger partial charge >= 0.3 is 6.08 Å². The lowest BCUT2D eigenvalue weighted by atomic mass is 10.1. The molecule has 1 aliphatic rings. The Morgan fingerprint density at radius 3 is 3.00 bits per heavy atom. The predicted octanol–water partition coefficient (Wildman–Crippen LogP) is 2.80. The summed E-state index contributed by atoms with van der Waals surface area (Å²) in [6, 6.07) is 7.84. The second-order valence-corrected chi connectivity index (χ2v) is 4.05. The number of nitrogens with zero attached hydrogens (tertiary/aromatic N) is 1. The molecule has 1 aliphatic carbocycles. The van der Waals surface area contributed by atoms with Gasteiger partial charge in [0.1, 0.15) is 12.0 Å². The summed E-state index contributed by atoms with van der Waals surface area (Å²) in [5.41, 5.74) is 1.38. The van der Waals surface area contributed by atoms with Gasteiger partial charge in [0.2, 0.25) is 0 Å². The fourth-order valence-corrected chi connectivity index (χ4v) is 1.70. The Balaban J connectivity index is 1.79. The summed E-state index contributed by atoms with van der Waals surface area (Å²) in [4.78, 5) is 14.1. The smallest absolute Gasteiger partial charge is 0.399 e. The Hall–Kier alpha value is -2.10. The van der Waals surface area contributed by atoms with Crippen LogP contribution < -0.4 is 4.74 Å². The van der Waals surface area contributed by atoms with Crippen molar-refractivity contribution >= 4 is 6.29 Å². The van der Waals surface area contributed by atoms with Gasteiger partial charge in [-0.2, -0.15) is 4.98 Å². The number of rotatable bonds is 4. The van der Waals surface area contributed by atoms with Crippen molar-refractivity contribution in [3.05, 3.63) is 41.8 Å². The van der Waals surface area contributed by atoms with E-state index >= 15 is 0 Å². The van der Waals surface area contributed by atoms with E-state index in [9.17, 15) is 4.79 Å². The largest absolute Gasteiger partial charge is 0.416 e. The summed E-state index contributed by atoms with van der Waals surface area (Å²) in [6.45, 7) is 0. The zero-order chi connectivity index (χ0) is 11.7. The zero-order valence-electron chi connectivity index (χ0n) is 9.05. The van der Waals surface area contributed by atoms with Gasteiger partial charge in [-0.05, 0) is 36.5 Å². The van der Waals surface area contributed by atoms with Crippen molar-refractivity contribution in [1.82, 2.24) is 4.98 Å². The molecule has 1 aromatic heterocycles. The Bertz CT molecular complexity index is 543. The Morgan fingerprint density at radius 2 is 2.29 bits per heavy atom. The van der Waals surface area contributed by atoms with Crippen molar-refractivity contribution in [1.29, 1.82) is 0 Å². The molecule has 0 spiro atoms. The first-order valence-corrected chi connectivity index (χ1v) is 5.46. The quantitative estimate of drug-likeness (QED) is 0.807. The lowest BCUT2D eigenvalue weighted by Crippen LogP contribution is -1.87. The minimum absolute atomic E-state index is 0.0660. The Morgan fingerprint density at radius 1 is 1.41 bits per heavy atom. The van der Waals surface area contributed by atoms with Crippen LogP contribution in [0.2, 0.25) is 0 Å². The van der Waals surface area contributed by atoms with Crippen LogP contribution in [-0.2, 0) is 4.79 Å². The number of hydrogen-bond acceptors (Lipinski definition) is 4. The van der Waals surface area contributed by atoms with Crippen LogP contribution in [0.3, 0.4) is 0 Å². The second kappa shape index (κ2) is 4.05. The molecule has 0 unspecified atom stereocenters. The van der Waals surface area contributed by atoms with Gasteiger partial charge in [0, 0.05) is 0 Å². The van der Waals surface area contributed by atoms with E-state index in [0.29, 0.717) is 11.7 Å². The topological polar surface area (TPSA) is 52.3 Å². The van der Waals surface area contributed by atoms with E-state index in [2.05, 4.69) is 11.1 Å². The first kappa shape index (κ1) is 10.1. The van der Waals surface area contributed by atoms with Crippen molar-refractivity contribution in [3.8, 4) is 11.8 Å². The minimum atomic E-state index is 0.0660. The molecule has 1 aromatic carbocycles. The number of aromatic nitrogens is 1. The fraction of sp³-hybridized carbons (Fsp3) is 0.231. The van der Waals surface area contributed by atoms with E-state index in [0.717, 1.165) is 0 Å². The SMILES string of the molecule is O=[C]c1coc(Oc2cccc(C3CC3)c2)n1. The van der Waals surface area contributed by atoms with Gasteiger partial charge in [0.15, 0.2) is 5.69 Å². The molecule has 0 atom stereocenters. The van der Waals surface area contributed by atoms with E-state index in [4.69, 9.17) is 9.15 Å². The van der Waals surface area contributed by atoms with E-state index in [1.807, 2.05) is 18.2 Å². The van der Waals surface area contributed by atoms with Gasteiger partial charge < -0.3 is 9.15 Å². The number of carbonyl (C=O) groups excluding carboxylic acids is 1. The van der Waals surface area contributed by atoms with E-state index in [1.165, 1.54) is 24.7 Å². The molecule has 4 heteroatoms. The molecule has 0 saturated heterocycles. The maximum atomic E-state index is 10.3. The Labute approximate surface area is 98.2 Å². The van der Waals surface area contributed by atoms with Crippen LogP contribution in [0.5, 0.6) is 11.8 Å². The van der Waals surface area contributed by atoms with Crippen molar-refractivity contribution in [3.63, 3.8) is 0 Å². The Kier molecular flexibility index (Phi) is 2.40. The number of oxazole rings is 1.